The van der Waals surface area contributed by atoms with Crippen LogP contribution in [0.25, 0.3) is 11.8 Å². The molecular formula is C26H27N3OS. The monoisotopic (exact) mass is 429 g/mol. The minimum atomic E-state index is -0.108. The summed E-state index contributed by atoms with van der Waals surface area (Å²) in [4.78, 5) is 17.8. The Kier molecular flexibility index (Phi) is 5.63. The second-order valence-corrected chi connectivity index (χ2v) is 9.29. The Morgan fingerprint density at radius 3 is 2.29 bits per heavy atom. The number of aryl methyl sites for hydroxylation is 5. The van der Waals surface area contributed by atoms with Crippen LogP contribution < -0.4 is 5.32 Å². The molecule has 4 nitrogen and oxygen atoms in total. The molecule has 31 heavy (non-hydrogen) atoms. The first kappa shape index (κ1) is 21.2. The highest BCUT2D eigenvalue weighted by atomic mass is 32.2. The zero-order valence-corrected chi connectivity index (χ0v) is 19.6. The fourth-order valence-electron chi connectivity index (χ4n) is 3.94. The predicted octanol–water partition coefficient (Wildman–Crippen LogP) is 6.22. The van der Waals surface area contributed by atoms with E-state index in [1.807, 2.05) is 18.2 Å². The lowest BCUT2D eigenvalue weighted by molar-refractivity contribution is -0.115. The maximum Gasteiger partial charge on any atom is 0.264 e. The lowest BCUT2D eigenvalue weighted by Gasteiger charge is -2.12. The first-order valence-electron chi connectivity index (χ1n) is 10.4. The number of thioether (sulfide) groups is 1. The van der Waals surface area contributed by atoms with E-state index in [0.717, 1.165) is 28.3 Å². The minimum absolute atomic E-state index is 0.108. The summed E-state index contributed by atoms with van der Waals surface area (Å²) in [5.41, 5.74) is 10.2. The van der Waals surface area contributed by atoms with Crippen molar-refractivity contribution in [2.24, 2.45) is 4.99 Å². The summed E-state index contributed by atoms with van der Waals surface area (Å²) in [5.74, 6) is -0.108. The molecule has 5 heteroatoms. The number of nitrogens with one attached hydrogen (secondary N) is 1. The Morgan fingerprint density at radius 1 is 0.903 bits per heavy atom. The van der Waals surface area contributed by atoms with E-state index in [0.29, 0.717) is 10.1 Å². The number of amidine groups is 1. The summed E-state index contributed by atoms with van der Waals surface area (Å²) < 4.78 is 2.24. The van der Waals surface area contributed by atoms with Gasteiger partial charge >= 0.3 is 0 Å². The van der Waals surface area contributed by atoms with Gasteiger partial charge in [0.15, 0.2) is 5.17 Å². The van der Waals surface area contributed by atoms with E-state index in [9.17, 15) is 4.79 Å². The first-order valence-corrected chi connectivity index (χ1v) is 11.2. The number of hydrogen-bond acceptors (Lipinski definition) is 3. The van der Waals surface area contributed by atoms with Gasteiger partial charge in [-0.25, -0.2) is 4.99 Å². The lowest BCUT2D eigenvalue weighted by Crippen LogP contribution is -2.19. The predicted molar refractivity (Wildman–Crippen MR) is 131 cm³/mol. The number of aliphatic imine (C=N–C) groups is 1. The topological polar surface area (TPSA) is 46.4 Å². The van der Waals surface area contributed by atoms with Gasteiger partial charge in [0.1, 0.15) is 0 Å². The average molecular weight is 430 g/mol. The molecular weight excluding hydrogens is 402 g/mol. The molecule has 1 aromatic heterocycles. The van der Waals surface area contributed by atoms with Crippen LogP contribution in [-0.2, 0) is 4.79 Å². The average Bonchev–Trinajstić information content (AvgIpc) is 3.16. The van der Waals surface area contributed by atoms with Crippen LogP contribution in [-0.4, -0.2) is 15.6 Å². The van der Waals surface area contributed by atoms with E-state index < -0.39 is 0 Å². The van der Waals surface area contributed by atoms with Crippen LogP contribution >= 0.6 is 11.8 Å². The summed E-state index contributed by atoms with van der Waals surface area (Å²) in [6, 6.07) is 14.7. The minimum Gasteiger partial charge on any atom is -0.318 e. The van der Waals surface area contributed by atoms with Gasteiger partial charge in [0, 0.05) is 17.1 Å². The molecule has 1 amide bonds. The summed E-state index contributed by atoms with van der Waals surface area (Å²) in [6.45, 7) is 12.6. The third-order valence-corrected chi connectivity index (χ3v) is 6.50. The molecule has 1 N–H and O–H groups in total. The van der Waals surface area contributed by atoms with Crippen LogP contribution in [0, 0.1) is 41.5 Å². The van der Waals surface area contributed by atoms with Crippen LogP contribution in [0.15, 0.2) is 52.4 Å². The van der Waals surface area contributed by atoms with Gasteiger partial charge in [0.05, 0.1) is 10.6 Å². The number of amides is 1. The molecule has 0 atom stereocenters. The fourth-order valence-corrected chi connectivity index (χ4v) is 4.78. The molecule has 3 aromatic rings. The van der Waals surface area contributed by atoms with Crippen molar-refractivity contribution in [2.45, 2.75) is 41.5 Å². The molecule has 158 valence electrons. The van der Waals surface area contributed by atoms with Crippen molar-refractivity contribution in [3.63, 3.8) is 0 Å². The van der Waals surface area contributed by atoms with E-state index in [2.05, 4.69) is 86.8 Å². The van der Waals surface area contributed by atoms with Crippen molar-refractivity contribution in [3.05, 3.63) is 86.6 Å². The molecule has 0 bridgehead atoms. The molecule has 2 aromatic carbocycles. The molecule has 1 aliphatic rings. The number of aromatic nitrogens is 1. The molecule has 0 radical (unpaired) electrons. The van der Waals surface area contributed by atoms with Gasteiger partial charge < -0.3 is 9.88 Å². The van der Waals surface area contributed by atoms with E-state index in [1.165, 1.54) is 34.0 Å². The Labute approximate surface area is 188 Å². The summed E-state index contributed by atoms with van der Waals surface area (Å²) >= 11 is 1.38. The number of benzene rings is 2. The number of hydrogen-bond donors (Lipinski definition) is 1. The van der Waals surface area contributed by atoms with E-state index in [1.54, 1.807) is 0 Å². The number of carbonyl (C=O) groups is 1. The Morgan fingerprint density at radius 2 is 1.61 bits per heavy atom. The molecule has 0 unspecified atom stereocenters. The highest BCUT2D eigenvalue weighted by Crippen LogP contribution is 2.31. The van der Waals surface area contributed by atoms with Crippen LogP contribution in [0.3, 0.4) is 0 Å². The van der Waals surface area contributed by atoms with Crippen LogP contribution in [0.1, 0.15) is 39.2 Å². The van der Waals surface area contributed by atoms with Crippen LogP contribution in [0.4, 0.5) is 5.69 Å². The van der Waals surface area contributed by atoms with E-state index >= 15 is 0 Å². The van der Waals surface area contributed by atoms with Gasteiger partial charge in [-0.3, -0.25) is 4.79 Å². The van der Waals surface area contributed by atoms with E-state index in [-0.39, 0.29) is 5.91 Å². The first-order chi connectivity index (χ1) is 14.7. The van der Waals surface area contributed by atoms with Crippen molar-refractivity contribution in [3.8, 4) is 5.69 Å². The van der Waals surface area contributed by atoms with Crippen LogP contribution in [0.5, 0.6) is 0 Å². The molecule has 2 heterocycles. The molecule has 1 saturated heterocycles. The van der Waals surface area contributed by atoms with Gasteiger partial charge in [-0.05, 0) is 118 Å². The molecule has 1 aliphatic heterocycles. The van der Waals surface area contributed by atoms with Crippen molar-refractivity contribution >= 4 is 34.6 Å². The number of rotatable bonds is 3. The zero-order chi connectivity index (χ0) is 22.3. The third kappa shape index (κ3) is 4.37. The second kappa shape index (κ2) is 8.23. The van der Waals surface area contributed by atoms with Crippen molar-refractivity contribution in [1.29, 1.82) is 0 Å². The summed E-state index contributed by atoms with van der Waals surface area (Å²) in [7, 11) is 0. The summed E-state index contributed by atoms with van der Waals surface area (Å²) in [5, 5.41) is 3.51. The highest BCUT2D eigenvalue weighted by molar-refractivity contribution is 8.18. The molecule has 0 saturated carbocycles. The SMILES string of the molecule is Cc1cc(C)cc(-n2c(C)cc(/C=C3\SC(=Nc4ccc(C)c(C)c4)NC3=O)c2C)c1. The van der Waals surface area contributed by atoms with Crippen LogP contribution in [0.2, 0.25) is 0 Å². The quantitative estimate of drug-likeness (QED) is 0.503. The number of nitrogens with zero attached hydrogens (tertiary/aromatic N) is 2. The zero-order valence-electron chi connectivity index (χ0n) is 18.8. The van der Waals surface area contributed by atoms with Gasteiger partial charge in [-0.15, -0.1) is 0 Å². The maximum atomic E-state index is 12.6. The largest absolute Gasteiger partial charge is 0.318 e. The van der Waals surface area contributed by atoms with Gasteiger partial charge in [0.2, 0.25) is 0 Å². The van der Waals surface area contributed by atoms with Crippen molar-refractivity contribution in [1.82, 2.24) is 9.88 Å². The molecule has 0 spiro atoms. The van der Waals surface area contributed by atoms with Gasteiger partial charge in [-0.2, -0.15) is 0 Å². The van der Waals surface area contributed by atoms with E-state index in [4.69, 9.17) is 0 Å². The van der Waals surface area contributed by atoms with Gasteiger partial charge in [0.25, 0.3) is 5.91 Å². The summed E-state index contributed by atoms with van der Waals surface area (Å²) in [6.07, 6.45) is 1.96. The Bertz CT molecular complexity index is 1240. The fraction of sp³-hybridized carbons (Fsp3) is 0.231. The Hall–Kier alpha value is -3.05. The third-order valence-electron chi connectivity index (χ3n) is 5.59. The highest BCUT2D eigenvalue weighted by Gasteiger charge is 2.24. The van der Waals surface area contributed by atoms with Crippen molar-refractivity contribution in [2.75, 3.05) is 0 Å². The molecule has 0 aliphatic carbocycles. The molecule has 1 fully saturated rings. The Balaban J connectivity index is 1.65. The lowest BCUT2D eigenvalue weighted by atomic mass is 10.1. The molecule has 4 rings (SSSR count). The van der Waals surface area contributed by atoms with Crippen molar-refractivity contribution < 1.29 is 4.79 Å². The normalized spacial score (nSPS) is 16.4. The second-order valence-electron chi connectivity index (χ2n) is 8.26. The smallest absolute Gasteiger partial charge is 0.264 e. The van der Waals surface area contributed by atoms with Gasteiger partial charge in [-0.1, -0.05) is 12.1 Å². The number of carbonyl (C=O) groups excluding carboxylic acids is 1. The maximum absolute atomic E-state index is 12.6. The standard InChI is InChI=1S/C26H27N3OS/c1-15-9-16(2)11-23(10-15)29-19(5)13-21(20(29)6)14-24-25(30)28-26(31-24)27-22-8-7-17(3)18(4)12-22/h7-14H,1-6H3,(H,27,28,30)/b24-14-.